The fourth-order valence-electron chi connectivity index (χ4n) is 4.19. The van der Waals surface area contributed by atoms with E-state index in [1.54, 1.807) is 0 Å². The fraction of sp³-hybridized carbons (Fsp3) is 0.765. The Hall–Kier alpha value is -0.800. The van der Waals surface area contributed by atoms with Gasteiger partial charge in [0.25, 0.3) is 0 Å². The molecule has 2 N–H and O–H groups in total. The topological polar surface area (TPSA) is 40.2 Å². The molecule has 0 radical (unpaired) electrons. The first-order valence-corrected chi connectivity index (χ1v) is 7.95. The number of fused-ring (bicyclic) bond motifs is 1. The lowest BCUT2D eigenvalue weighted by molar-refractivity contribution is 0.00482. The maximum atomic E-state index is 6.42. The van der Waals surface area contributed by atoms with Gasteiger partial charge in [-0.1, -0.05) is 13.8 Å². The quantitative estimate of drug-likeness (QED) is 0.852. The van der Waals surface area contributed by atoms with Gasteiger partial charge in [0, 0.05) is 30.1 Å². The van der Waals surface area contributed by atoms with E-state index in [0.717, 1.165) is 32.3 Å². The summed E-state index contributed by atoms with van der Waals surface area (Å²) in [7, 11) is 0. The minimum absolute atomic E-state index is 0.200. The molecule has 3 rings (SSSR count). The average Bonchev–Trinajstić information content (AvgIpc) is 2.64. The number of aromatic nitrogens is 1. The van der Waals surface area contributed by atoms with E-state index in [-0.39, 0.29) is 6.04 Å². The van der Waals surface area contributed by atoms with Gasteiger partial charge < -0.3 is 15.0 Å². The molecule has 3 atom stereocenters. The van der Waals surface area contributed by atoms with Crippen molar-refractivity contribution < 1.29 is 4.74 Å². The zero-order chi connectivity index (χ0) is 14.5. The molecule has 2 heterocycles. The van der Waals surface area contributed by atoms with Crippen molar-refractivity contribution in [3.63, 3.8) is 0 Å². The summed E-state index contributed by atoms with van der Waals surface area (Å²) in [5.41, 5.74) is 11.0. The maximum absolute atomic E-state index is 6.42. The number of hydrogen-bond donors (Lipinski definition) is 1. The Balaban J connectivity index is 2.00. The predicted molar refractivity (Wildman–Crippen MR) is 81.9 cm³/mol. The predicted octanol–water partition coefficient (Wildman–Crippen LogP) is 3.51. The second-order valence-corrected chi connectivity index (χ2v) is 7.57. The molecule has 1 aliphatic carbocycles. The Labute approximate surface area is 122 Å². The molecule has 1 aromatic heterocycles. The van der Waals surface area contributed by atoms with Gasteiger partial charge in [0.2, 0.25) is 0 Å². The monoisotopic (exact) mass is 276 g/mol. The lowest BCUT2D eigenvalue weighted by Crippen LogP contribution is -2.33. The van der Waals surface area contributed by atoms with E-state index < -0.39 is 0 Å². The molecule has 3 nitrogen and oxygen atoms in total. The highest BCUT2D eigenvalue weighted by atomic mass is 16.5. The molecule has 1 aromatic rings. The van der Waals surface area contributed by atoms with E-state index in [0.29, 0.717) is 17.6 Å². The van der Waals surface area contributed by atoms with E-state index in [2.05, 4.69) is 38.3 Å². The average molecular weight is 276 g/mol. The number of aryl methyl sites for hydroxylation is 1. The first-order chi connectivity index (χ1) is 9.37. The van der Waals surface area contributed by atoms with Crippen LogP contribution in [0.1, 0.15) is 69.1 Å². The summed E-state index contributed by atoms with van der Waals surface area (Å²) < 4.78 is 8.29. The van der Waals surface area contributed by atoms with Crippen LogP contribution < -0.4 is 5.73 Å². The summed E-state index contributed by atoms with van der Waals surface area (Å²) in [6.07, 6.45) is 4.86. The lowest BCUT2D eigenvalue weighted by atomic mass is 9.74. The third-order valence-corrected chi connectivity index (χ3v) is 5.01. The van der Waals surface area contributed by atoms with Crippen LogP contribution in [0, 0.1) is 12.3 Å². The molecule has 112 valence electrons. The van der Waals surface area contributed by atoms with Crippen LogP contribution in [-0.4, -0.2) is 17.3 Å². The molecular formula is C17H28N2O. The first-order valence-electron chi connectivity index (χ1n) is 7.95. The summed E-state index contributed by atoms with van der Waals surface area (Å²) in [6.45, 7) is 9.99. The van der Waals surface area contributed by atoms with Crippen LogP contribution in [0.4, 0.5) is 0 Å². The van der Waals surface area contributed by atoms with E-state index in [1.807, 2.05) is 0 Å². The molecule has 0 saturated carbocycles. The second kappa shape index (κ2) is 4.88. The molecule has 0 amide bonds. The molecule has 1 aliphatic heterocycles. The molecule has 1 saturated heterocycles. The normalized spacial score (nSPS) is 33.0. The van der Waals surface area contributed by atoms with Crippen LogP contribution in [-0.2, 0) is 11.2 Å². The molecule has 3 heteroatoms. The van der Waals surface area contributed by atoms with Gasteiger partial charge in [-0.2, -0.15) is 0 Å². The van der Waals surface area contributed by atoms with Gasteiger partial charge in [0.15, 0.2) is 0 Å². The number of nitrogens with two attached hydrogens (primary N) is 1. The molecule has 0 bridgehead atoms. The summed E-state index contributed by atoms with van der Waals surface area (Å²) in [6, 6.07) is 3.12. The van der Waals surface area contributed by atoms with Crippen LogP contribution in [0.5, 0.6) is 0 Å². The number of hydrogen-bond acceptors (Lipinski definition) is 2. The summed E-state index contributed by atoms with van der Waals surface area (Å²) >= 11 is 0. The van der Waals surface area contributed by atoms with E-state index in [9.17, 15) is 0 Å². The molecule has 2 aliphatic rings. The van der Waals surface area contributed by atoms with Crippen molar-refractivity contribution in [1.29, 1.82) is 0 Å². The molecule has 20 heavy (non-hydrogen) atoms. The van der Waals surface area contributed by atoms with Crippen LogP contribution in [0.2, 0.25) is 0 Å². The molecular weight excluding hydrogens is 248 g/mol. The van der Waals surface area contributed by atoms with Crippen molar-refractivity contribution in [1.82, 2.24) is 4.57 Å². The van der Waals surface area contributed by atoms with Crippen LogP contribution in [0.25, 0.3) is 0 Å². The first kappa shape index (κ1) is 14.2. The van der Waals surface area contributed by atoms with Crippen LogP contribution in [0.15, 0.2) is 6.07 Å². The third kappa shape index (κ3) is 2.42. The van der Waals surface area contributed by atoms with Gasteiger partial charge >= 0.3 is 0 Å². The van der Waals surface area contributed by atoms with Crippen molar-refractivity contribution in [3.8, 4) is 0 Å². The molecule has 1 fully saturated rings. The van der Waals surface area contributed by atoms with Crippen LogP contribution >= 0.6 is 0 Å². The highest BCUT2D eigenvalue weighted by Gasteiger charge is 2.35. The smallest absolute Gasteiger partial charge is 0.0566 e. The number of ether oxygens (including phenoxy) is 1. The van der Waals surface area contributed by atoms with Gasteiger partial charge in [0.05, 0.1) is 6.10 Å². The molecule has 0 aromatic carbocycles. The summed E-state index contributed by atoms with van der Waals surface area (Å²) in [5.74, 6) is 0. The number of nitrogens with zero attached hydrogens (tertiary/aromatic N) is 1. The Morgan fingerprint density at radius 1 is 1.40 bits per heavy atom. The third-order valence-electron chi connectivity index (χ3n) is 5.01. The highest BCUT2D eigenvalue weighted by molar-refractivity contribution is 5.34. The van der Waals surface area contributed by atoms with Crippen molar-refractivity contribution in [2.45, 2.75) is 71.6 Å². The highest BCUT2D eigenvalue weighted by Crippen LogP contribution is 2.43. The lowest BCUT2D eigenvalue weighted by Gasteiger charge is -2.37. The Morgan fingerprint density at radius 2 is 2.15 bits per heavy atom. The maximum Gasteiger partial charge on any atom is 0.0566 e. The van der Waals surface area contributed by atoms with Crippen LogP contribution in [0.3, 0.4) is 0 Å². The van der Waals surface area contributed by atoms with Gasteiger partial charge in [-0.3, -0.25) is 0 Å². The van der Waals surface area contributed by atoms with E-state index >= 15 is 0 Å². The summed E-state index contributed by atoms with van der Waals surface area (Å²) in [5, 5.41) is 0. The van der Waals surface area contributed by atoms with Gasteiger partial charge in [0.1, 0.15) is 0 Å². The second-order valence-electron chi connectivity index (χ2n) is 7.57. The van der Waals surface area contributed by atoms with E-state index in [1.165, 1.54) is 17.0 Å². The van der Waals surface area contributed by atoms with Gasteiger partial charge in [-0.25, -0.2) is 0 Å². The Kier molecular flexibility index (Phi) is 3.46. The minimum Gasteiger partial charge on any atom is -0.378 e. The Morgan fingerprint density at radius 3 is 2.85 bits per heavy atom. The zero-order valence-electron chi connectivity index (χ0n) is 13.3. The van der Waals surface area contributed by atoms with Gasteiger partial charge in [-0.05, 0) is 56.6 Å². The molecule has 3 unspecified atom stereocenters. The summed E-state index contributed by atoms with van der Waals surface area (Å²) in [4.78, 5) is 0. The number of rotatable bonds is 1. The Bertz CT molecular complexity index is 503. The van der Waals surface area contributed by atoms with Gasteiger partial charge in [-0.15, -0.1) is 0 Å². The fourth-order valence-corrected chi connectivity index (χ4v) is 4.19. The zero-order valence-corrected chi connectivity index (χ0v) is 13.3. The largest absolute Gasteiger partial charge is 0.378 e. The van der Waals surface area contributed by atoms with Crippen molar-refractivity contribution >= 4 is 0 Å². The van der Waals surface area contributed by atoms with Crippen molar-refractivity contribution in [2.75, 3.05) is 6.61 Å². The van der Waals surface area contributed by atoms with E-state index in [4.69, 9.17) is 10.5 Å². The SMILES string of the molecule is Cc1cc2c(n1C1CCOC(C)C1)CC(C)(C)CC2N. The van der Waals surface area contributed by atoms with Crippen molar-refractivity contribution in [3.05, 3.63) is 23.0 Å². The van der Waals surface area contributed by atoms with Crippen molar-refractivity contribution in [2.24, 2.45) is 11.1 Å². The minimum atomic E-state index is 0.200. The molecule has 0 spiro atoms. The standard InChI is InChI=1S/C17H28N2O/c1-11-7-14-15(18)9-17(3,4)10-16(14)19(11)13-5-6-20-12(2)8-13/h7,12-13,15H,5-6,8-10,18H2,1-4H3.